The highest BCUT2D eigenvalue weighted by molar-refractivity contribution is 7.26. The number of para-hydroxylation sites is 2. The van der Waals surface area contributed by atoms with Crippen LogP contribution in [0.15, 0.2) is 91.0 Å². The summed E-state index contributed by atoms with van der Waals surface area (Å²) in [5.41, 5.74) is 4.22. The van der Waals surface area contributed by atoms with Crippen molar-refractivity contribution in [1.82, 2.24) is 9.55 Å². The maximum Gasteiger partial charge on any atom is 0.142 e. The van der Waals surface area contributed by atoms with Gasteiger partial charge in [0.2, 0.25) is 0 Å². The van der Waals surface area contributed by atoms with Crippen LogP contribution in [0.5, 0.6) is 0 Å². The third-order valence-corrected chi connectivity index (χ3v) is 6.77. The molecule has 6 rings (SSSR count). The van der Waals surface area contributed by atoms with Crippen LogP contribution in [0, 0.1) is 5.82 Å². The lowest BCUT2D eigenvalue weighted by Gasteiger charge is -2.10. The summed E-state index contributed by atoms with van der Waals surface area (Å²) in [7, 11) is 0. The minimum Gasteiger partial charge on any atom is -0.319 e. The van der Waals surface area contributed by atoms with Crippen LogP contribution in [0.2, 0.25) is 0 Å². The molecule has 0 atom stereocenters. The number of hydrogen-bond donors (Lipinski definition) is 0. The Balaban J connectivity index is 1.62. The van der Waals surface area contributed by atoms with E-state index < -0.39 is 0 Å². The lowest BCUT2D eigenvalue weighted by molar-refractivity contribution is 0.626. The third-order valence-electron chi connectivity index (χ3n) is 5.55. The van der Waals surface area contributed by atoms with Crippen LogP contribution in [0.3, 0.4) is 0 Å². The van der Waals surface area contributed by atoms with Crippen molar-refractivity contribution >= 4 is 42.5 Å². The maximum atomic E-state index is 13.4. The van der Waals surface area contributed by atoms with E-state index in [-0.39, 0.29) is 5.82 Å². The summed E-state index contributed by atoms with van der Waals surface area (Å²) < 4.78 is 18.2. The van der Waals surface area contributed by atoms with E-state index in [4.69, 9.17) is 4.98 Å². The van der Waals surface area contributed by atoms with Crippen molar-refractivity contribution in [3.05, 3.63) is 102 Å². The topological polar surface area (TPSA) is 17.8 Å². The zero-order valence-corrected chi connectivity index (χ0v) is 16.9. The standard InChI is InChI=1S/C26H17FN2S/c27-18-14-12-17(13-15-18)16-29-23-10-3-2-9-22(23)28-26(29)21-8-5-7-20-19-6-1-4-11-24(19)30-25(20)21/h1-15H,16H2. The first-order chi connectivity index (χ1) is 14.8. The van der Waals surface area contributed by atoms with Gasteiger partial charge in [-0.05, 0) is 42.0 Å². The molecule has 0 unspecified atom stereocenters. The Labute approximate surface area is 176 Å². The summed E-state index contributed by atoms with van der Waals surface area (Å²) in [6.07, 6.45) is 0. The van der Waals surface area contributed by atoms with Gasteiger partial charge in [0.15, 0.2) is 0 Å². The molecule has 0 aliphatic rings. The molecule has 2 nitrogen and oxygen atoms in total. The largest absolute Gasteiger partial charge is 0.319 e. The second-order valence-corrected chi connectivity index (χ2v) is 8.47. The van der Waals surface area contributed by atoms with Gasteiger partial charge in [-0.3, -0.25) is 0 Å². The molecule has 0 saturated carbocycles. The second kappa shape index (κ2) is 6.78. The molecule has 0 amide bonds. The highest BCUT2D eigenvalue weighted by atomic mass is 32.1. The smallest absolute Gasteiger partial charge is 0.142 e. The normalized spacial score (nSPS) is 11.6. The third kappa shape index (κ3) is 2.72. The van der Waals surface area contributed by atoms with Crippen molar-refractivity contribution in [3.8, 4) is 11.4 Å². The molecule has 0 fully saturated rings. The number of benzene rings is 4. The van der Waals surface area contributed by atoms with Crippen LogP contribution < -0.4 is 0 Å². The number of nitrogens with zero attached hydrogens (tertiary/aromatic N) is 2. The van der Waals surface area contributed by atoms with Crippen molar-refractivity contribution in [2.45, 2.75) is 6.54 Å². The fraction of sp³-hybridized carbons (Fsp3) is 0.0385. The fourth-order valence-corrected chi connectivity index (χ4v) is 5.35. The number of rotatable bonds is 3. The lowest BCUT2D eigenvalue weighted by atomic mass is 10.1. The summed E-state index contributed by atoms with van der Waals surface area (Å²) in [5, 5.41) is 2.54. The molecule has 4 heteroatoms. The Hall–Kier alpha value is -3.50. The molecule has 0 aliphatic heterocycles. The fourth-order valence-electron chi connectivity index (χ4n) is 4.14. The number of halogens is 1. The molecular formula is C26H17FN2S. The summed E-state index contributed by atoms with van der Waals surface area (Å²) in [4.78, 5) is 5.01. The number of imidazole rings is 1. The van der Waals surface area contributed by atoms with Crippen LogP contribution in [-0.2, 0) is 6.54 Å². The van der Waals surface area contributed by atoms with Crippen molar-refractivity contribution in [2.75, 3.05) is 0 Å². The van der Waals surface area contributed by atoms with Gasteiger partial charge in [-0.2, -0.15) is 0 Å². The average Bonchev–Trinajstić information content (AvgIpc) is 3.34. The van der Waals surface area contributed by atoms with Gasteiger partial charge in [0.25, 0.3) is 0 Å². The SMILES string of the molecule is Fc1ccc(Cn2c(-c3cccc4c3sc3ccccc34)nc3ccccc32)cc1. The lowest BCUT2D eigenvalue weighted by Crippen LogP contribution is -2.02. The van der Waals surface area contributed by atoms with Crippen LogP contribution >= 0.6 is 11.3 Å². The molecule has 30 heavy (non-hydrogen) atoms. The van der Waals surface area contributed by atoms with Crippen molar-refractivity contribution in [1.29, 1.82) is 0 Å². The Morgan fingerprint density at radius 1 is 0.767 bits per heavy atom. The minimum absolute atomic E-state index is 0.218. The van der Waals surface area contributed by atoms with Gasteiger partial charge in [-0.1, -0.05) is 54.6 Å². The van der Waals surface area contributed by atoms with Gasteiger partial charge < -0.3 is 4.57 Å². The summed E-state index contributed by atoms with van der Waals surface area (Å²) in [6.45, 7) is 0.636. The molecule has 0 spiro atoms. The molecule has 2 aromatic heterocycles. The highest BCUT2D eigenvalue weighted by Gasteiger charge is 2.17. The number of thiophene rings is 1. The molecule has 2 heterocycles. The van der Waals surface area contributed by atoms with Crippen molar-refractivity contribution < 1.29 is 4.39 Å². The first-order valence-electron chi connectivity index (χ1n) is 9.88. The second-order valence-electron chi connectivity index (χ2n) is 7.42. The monoisotopic (exact) mass is 408 g/mol. The maximum absolute atomic E-state index is 13.4. The average molecular weight is 409 g/mol. The van der Waals surface area contributed by atoms with Crippen LogP contribution in [0.1, 0.15) is 5.56 Å². The Bertz CT molecular complexity index is 1530. The van der Waals surface area contributed by atoms with E-state index in [0.29, 0.717) is 6.54 Å². The van der Waals surface area contributed by atoms with E-state index >= 15 is 0 Å². The number of fused-ring (bicyclic) bond motifs is 4. The minimum atomic E-state index is -0.218. The van der Waals surface area contributed by atoms with E-state index in [0.717, 1.165) is 28.0 Å². The van der Waals surface area contributed by atoms with Crippen LogP contribution in [0.25, 0.3) is 42.6 Å². The van der Waals surface area contributed by atoms with Crippen molar-refractivity contribution in [2.24, 2.45) is 0 Å². The summed E-state index contributed by atoms with van der Waals surface area (Å²) in [6, 6.07) is 29.9. The van der Waals surface area contributed by atoms with Crippen LogP contribution in [0.4, 0.5) is 4.39 Å². The van der Waals surface area contributed by atoms with E-state index in [9.17, 15) is 4.39 Å². The molecule has 4 aromatic carbocycles. The Morgan fingerprint density at radius 3 is 2.43 bits per heavy atom. The number of hydrogen-bond acceptors (Lipinski definition) is 2. The predicted octanol–water partition coefficient (Wildman–Crippen LogP) is 7.26. The molecule has 0 aliphatic carbocycles. The van der Waals surface area contributed by atoms with E-state index in [1.54, 1.807) is 0 Å². The molecule has 0 saturated heterocycles. The first-order valence-corrected chi connectivity index (χ1v) is 10.7. The highest BCUT2D eigenvalue weighted by Crippen LogP contribution is 2.40. The molecule has 0 radical (unpaired) electrons. The zero-order valence-electron chi connectivity index (χ0n) is 16.0. The molecule has 6 aromatic rings. The molecule has 0 bridgehead atoms. The Morgan fingerprint density at radius 2 is 1.53 bits per heavy atom. The summed E-state index contributed by atoms with van der Waals surface area (Å²) in [5.74, 6) is 0.724. The van der Waals surface area contributed by atoms with E-state index in [1.807, 2.05) is 41.7 Å². The van der Waals surface area contributed by atoms with Gasteiger partial charge in [-0.15, -0.1) is 11.3 Å². The first kappa shape index (κ1) is 17.4. The zero-order chi connectivity index (χ0) is 20.1. The van der Waals surface area contributed by atoms with Gasteiger partial charge in [-0.25, -0.2) is 9.37 Å². The van der Waals surface area contributed by atoms with Gasteiger partial charge in [0, 0.05) is 32.3 Å². The molecule has 144 valence electrons. The van der Waals surface area contributed by atoms with Crippen LogP contribution in [-0.4, -0.2) is 9.55 Å². The number of aromatic nitrogens is 2. The molecule has 0 N–H and O–H groups in total. The van der Waals surface area contributed by atoms with E-state index in [2.05, 4.69) is 53.1 Å². The summed E-state index contributed by atoms with van der Waals surface area (Å²) >= 11 is 1.81. The predicted molar refractivity (Wildman–Crippen MR) is 124 cm³/mol. The van der Waals surface area contributed by atoms with Gasteiger partial charge in [0.05, 0.1) is 11.0 Å². The quantitative estimate of drug-likeness (QED) is 0.301. The Kier molecular flexibility index (Phi) is 3.93. The van der Waals surface area contributed by atoms with E-state index in [1.165, 1.54) is 32.3 Å². The van der Waals surface area contributed by atoms with Crippen molar-refractivity contribution in [3.63, 3.8) is 0 Å². The van der Waals surface area contributed by atoms with Gasteiger partial charge >= 0.3 is 0 Å². The van der Waals surface area contributed by atoms with Gasteiger partial charge in [0.1, 0.15) is 11.6 Å². The molecular weight excluding hydrogens is 391 g/mol.